The summed E-state index contributed by atoms with van der Waals surface area (Å²) in [6.45, 7) is 9.79. The first kappa shape index (κ1) is 50.4. The highest BCUT2D eigenvalue weighted by Gasteiger charge is 2.36. The Kier molecular flexibility index (Phi) is 17.2. The highest BCUT2D eigenvalue weighted by molar-refractivity contribution is 6.33. The number of nitriles is 1. The molecule has 0 aliphatic carbocycles. The maximum Gasteiger partial charge on any atom is 0.253 e. The highest BCUT2D eigenvalue weighted by atomic mass is 35.5. The van der Waals surface area contributed by atoms with Gasteiger partial charge in [0.05, 0.1) is 28.0 Å². The van der Waals surface area contributed by atoms with Crippen molar-refractivity contribution in [3.63, 3.8) is 0 Å². The maximum atomic E-state index is 14.7. The van der Waals surface area contributed by atoms with E-state index in [1.807, 2.05) is 30.3 Å². The molecule has 0 saturated heterocycles. The number of nitrogens with zero attached hydrogens (tertiary/aromatic N) is 3. The third kappa shape index (κ3) is 12.2. The molecule has 1 aliphatic heterocycles. The molecular weight excluding hydrogens is 864 g/mol. The lowest BCUT2D eigenvalue weighted by molar-refractivity contribution is -0.141. The molecule has 5 amide bonds. The number of rotatable bonds is 15. The van der Waals surface area contributed by atoms with Crippen LogP contribution >= 0.6 is 11.6 Å². The number of halogens is 1. The van der Waals surface area contributed by atoms with Crippen molar-refractivity contribution in [2.75, 3.05) is 46.4 Å². The van der Waals surface area contributed by atoms with Gasteiger partial charge in [0.2, 0.25) is 23.6 Å². The van der Waals surface area contributed by atoms with Crippen molar-refractivity contribution < 1.29 is 33.4 Å². The first-order valence-electron chi connectivity index (χ1n) is 21.7. The summed E-state index contributed by atoms with van der Waals surface area (Å²) >= 11 is 6.75. The zero-order valence-electron chi connectivity index (χ0n) is 38.1. The van der Waals surface area contributed by atoms with Gasteiger partial charge in [0.25, 0.3) is 5.91 Å². The number of ether oxygens (including phenoxy) is 2. The van der Waals surface area contributed by atoms with Gasteiger partial charge in [-0.05, 0) is 79.3 Å². The minimum Gasteiger partial charge on any atom is -0.492 e. The molecule has 66 heavy (non-hydrogen) atoms. The van der Waals surface area contributed by atoms with E-state index in [4.69, 9.17) is 43.5 Å². The Morgan fingerprint density at radius 1 is 0.924 bits per heavy atom. The van der Waals surface area contributed by atoms with E-state index in [0.717, 1.165) is 11.1 Å². The minimum atomic E-state index is -1.41. The van der Waals surface area contributed by atoms with E-state index in [9.17, 15) is 24.0 Å². The van der Waals surface area contributed by atoms with E-state index in [0.29, 0.717) is 45.1 Å². The summed E-state index contributed by atoms with van der Waals surface area (Å²) in [5.74, 6) is -2.65. The Bertz CT molecular complexity index is 2470. The van der Waals surface area contributed by atoms with Crippen LogP contribution < -0.4 is 47.9 Å². The monoisotopic (exact) mass is 922 g/mol. The summed E-state index contributed by atoms with van der Waals surface area (Å²) in [6.07, 6.45) is -0.0144. The van der Waals surface area contributed by atoms with Gasteiger partial charge in [-0.25, -0.2) is 0 Å². The van der Waals surface area contributed by atoms with Crippen molar-refractivity contribution in [3.05, 3.63) is 99.7 Å². The number of pyridine rings is 1. The average Bonchev–Trinajstić information content (AvgIpc) is 3.29. The molecule has 350 valence electrons. The average molecular weight is 924 g/mol. The molecule has 1 aliphatic rings. The Labute approximate surface area is 390 Å². The standard InChI is InChI=1S/C48H59ClN10O7/c1-27-33(26-36(49)41(55-27)30-8-11-32(12-9-30)48(3,4)5)44(61)57-37(15-16-50)47(64)59(6)42-31-10-14-40(66-22-19-53)35(25-31)34-23-29(7-13-39(34)65-21-18-52)24-38(45(62)54-20-17-51)58-43(60)28(2)56-46(42)63/h7-14,23,25-26,28,37-38,42H,15-16,18-22,24,50,52-53H2,1-6H3,(H,54,62)(H,56,63)(H,57,61)(H,58,60). The van der Waals surface area contributed by atoms with Crippen molar-refractivity contribution in [1.29, 1.82) is 5.26 Å². The number of hydrogen-bond acceptors (Lipinski definition) is 12. The number of likely N-dealkylation sites (N-methyl/N-ethyl adjacent to an activating group) is 1. The smallest absolute Gasteiger partial charge is 0.253 e. The Morgan fingerprint density at radius 2 is 1.56 bits per heavy atom. The third-order valence-corrected chi connectivity index (χ3v) is 11.3. The second kappa shape index (κ2) is 22.6. The largest absolute Gasteiger partial charge is 0.492 e. The van der Waals surface area contributed by atoms with E-state index in [2.05, 4.69) is 47.0 Å². The number of fused-ring (bicyclic) bond motifs is 5. The molecule has 0 spiro atoms. The molecule has 0 radical (unpaired) electrons. The maximum absolute atomic E-state index is 14.7. The number of aryl methyl sites for hydroxylation is 1. The molecule has 5 rings (SSSR count). The molecule has 4 atom stereocenters. The Balaban J connectivity index is 1.57. The molecule has 2 heterocycles. The molecular formula is C48H59ClN10O7. The van der Waals surface area contributed by atoms with Crippen LogP contribution in [-0.2, 0) is 31.0 Å². The molecule has 4 aromatic rings. The summed E-state index contributed by atoms with van der Waals surface area (Å²) in [4.78, 5) is 76.2. The number of carbonyl (C=O) groups excluding carboxylic acids is 5. The van der Waals surface area contributed by atoms with E-state index < -0.39 is 53.7 Å². The lowest BCUT2D eigenvalue weighted by Crippen LogP contribution is -2.56. The first-order valence-corrected chi connectivity index (χ1v) is 22.0. The molecule has 3 aromatic carbocycles. The molecule has 10 N–H and O–H groups in total. The molecule has 17 nitrogen and oxygen atoms in total. The van der Waals surface area contributed by atoms with Gasteiger partial charge in [0.15, 0.2) is 0 Å². The number of amides is 5. The van der Waals surface area contributed by atoms with Crippen LogP contribution in [0.5, 0.6) is 11.5 Å². The number of aromatic nitrogens is 1. The molecule has 4 unspecified atom stereocenters. The zero-order chi connectivity index (χ0) is 48.3. The normalized spacial score (nSPS) is 16.7. The van der Waals surface area contributed by atoms with Gasteiger partial charge in [0.1, 0.15) is 55.4 Å². The topological polar surface area (TPSA) is 270 Å². The van der Waals surface area contributed by atoms with Crippen LogP contribution in [0.2, 0.25) is 5.02 Å². The van der Waals surface area contributed by atoms with Crippen LogP contribution in [0.25, 0.3) is 22.4 Å². The Morgan fingerprint density at radius 3 is 2.17 bits per heavy atom. The van der Waals surface area contributed by atoms with E-state index in [-0.39, 0.29) is 68.2 Å². The van der Waals surface area contributed by atoms with Gasteiger partial charge in [-0.2, -0.15) is 5.26 Å². The summed E-state index contributed by atoms with van der Waals surface area (Å²) in [7, 11) is 1.41. The predicted octanol–water partition coefficient (Wildman–Crippen LogP) is 3.18. The zero-order valence-corrected chi connectivity index (χ0v) is 38.9. The molecule has 18 heteroatoms. The third-order valence-electron chi connectivity index (χ3n) is 11.0. The van der Waals surface area contributed by atoms with Crippen LogP contribution in [0.4, 0.5) is 0 Å². The Hall–Kier alpha value is -6.58. The van der Waals surface area contributed by atoms with Gasteiger partial charge in [0, 0.05) is 43.2 Å². The number of nitrogens with two attached hydrogens (primary N) is 3. The number of nitrogens with one attached hydrogen (secondary N) is 4. The fourth-order valence-electron chi connectivity index (χ4n) is 7.51. The molecule has 0 fully saturated rings. The molecule has 4 bridgehead atoms. The summed E-state index contributed by atoms with van der Waals surface area (Å²) in [6, 6.07) is 16.3. The van der Waals surface area contributed by atoms with Crippen molar-refractivity contribution in [2.24, 2.45) is 17.2 Å². The predicted molar refractivity (Wildman–Crippen MR) is 251 cm³/mol. The summed E-state index contributed by atoms with van der Waals surface area (Å²) in [5, 5.41) is 20.1. The fraction of sp³-hybridized carbons (Fsp3) is 0.396. The van der Waals surface area contributed by atoms with Gasteiger partial charge in [-0.1, -0.05) is 68.8 Å². The van der Waals surface area contributed by atoms with Crippen LogP contribution in [0.3, 0.4) is 0 Å². The van der Waals surface area contributed by atoms with Crippen LogP contribution in [-0.4, -0.2) is 104 Å². The fourth-order valence-corrected chi connectivity index (χ4v) is 7.77. The summed E-state index contributed by atoms with van der Waals surface area (Å²) < 4.78 is 12.2. The lowest BCUT2D eigenvalue weighted by atomic mass is 9.86. The number of carbonyl (C=O) groups is 5. The minimum absolute atomic E-state index is 0.00196. The van der Waals surface area contributed by atoms with Gasteiger partial charge in [-0.15, -0.1) is 0 Å². The van der Waals surface area contributed by atoms with Crippen LogP contribution in [0, 0.1) is 18.3 Å². The molecule has 1 aromatic heterocycles. The number of hydrogen-bond donors (Lipinski definition) is 7. The van der Waals surface area contributed by atoms with Gasteiger partial charge >= 0.3 is 0 Å². The van der Waals surface area contributed by atoms with Gasteiger partial charge < -0.3 is 52.8 Å². The molecule has 0 saturated carbocycles. The van der Waals surface area contributed by atoms with Crippen molar-refractivity contribution >= 4 is 41.1 Å². The quantitative estimate of drug-likeness (QED) is 0.0848. The van der Waals surface area contributed by atoms with E-state index in [1.54, 1.807) is 43.3 Å². The SMILES string of the molecule is Cc1nc(-c2ccc(C(C)(C)C)cc2)c(Cl)cc1C(=O)NC(CCN)C(=O)N(C)C1C(=O)NC(C)C(=O)NC(C(=O)NCC#N)Cc2ccc(OCCN)c(c2)-c2cc1ccc2OCCN. The van der Waals surface area contributed by atoms with Gasteiger partial charge in [-0.3, -0.25) is 29.0 Å². The van der Waals surface area contributed by atoms with Crippen molar-refractivity contribution in [2.45, 2.75) is 77.0 Å². The first-order chi connectivity index (χ1) is 31.4. The second-order valence-corrected chi connectivity index (χ2v) is 17.4. The number of benzene rings is 3. The van der Waals surface area contributed by atoms with Crippen molar-refractivity contribution in [3.8, 4) is 40.0 Å². The second-order valence-electron chi connectivity index (χ2n) is 17.0. The van der Waals surface area contributed by atoms with Crippen LogP contribution in [0.15, 0.2) is 66.7 Å². The van der Waals surface area contributed by atoms with Crippen molar-refractivity contribution in [1.82, 2.24) is 31.2 Å². The van der Waals surface area contributed by atoms with E-state index in [1.165, 1.54) is 24.9 Å². The lowest BCUT2D eigenvalue weighted by Gasteiger charge is -2.32. The highest BCUT2D eigenvalue weighted by Crippen LogP contribution is 2.40. The van der Waals surface area contributed by atoms with E-state index >= 15 is 0 Å². The van der Waals surface area contributed by atoms with Crippen LogP contribution in [0.1, 0.15) is 72.9 Å². The summed E-state index contributed by atoms with van der Waals surface area (Å²) in [5.41, 5.74) is 22.4.